The summed E-state index contributed by atoms with van der Waals surface area (Å²) in [5.41, 5.74) is 2.95. The molecule has 0 spiro atoms. The molecule has 31 heavy (non-hydrogen) atoms. The van der Waals surface area contributed by atoms with Gasteiger partial charge in [0.15, 0.2) is 0 Å². The third kappa shape index (κ3) is 5.37. The summed E-state index contributed by atoms with van der Waals surface area (Å²) < 4.78 is 30.8. The number of benzene rings is 1. The molecular formula is C20H21Cl2FN4O4. The Kier molecular flexibility index (Phi) is 7.91. The predicted molar refractivity (Wildman–Crippen MR) is 117 cm³/mol. The minimum atomic E-state index is -0.690. The minimum absolute atomic E-state index is 0.0293. The zero-order chi connectivity index (χ0) is 22.4. The summed E-state index contributed by atoms with van der Waals surface area (Å²) in [6, 6.07) is 1.33. The molecule has 1 saturated heterocycles. The molecule has 1 aliphatic heterocycles. The van der Waals surface area contributed by atoms with Crippen LogP contribution >= 0.6 is 23.2 Å². The highest BCUT2D eigenvalue weighted by Gasteiger charge is 2.30. The molecule has 0 aliphatic carbocycles. The van der Waals surface area contributed by atoms with Gasteiger partial charge in [0.05, 0.1) is 49.1 Å². The average Bonchev–Trinajstić information content (AvgIpc) is 3.20. The van der Waals surface area contributed by atoms with Crippen molar-refractivity contribution in [3.8, 4) is 11.5 Å². The van der Waals surface area contributed by atoms with E-state index in [2.05, 4.69) is 27.3 Å². The molecule has 1 unspecified atom stereocenters. The van der Waals surface area contributed by atoms with E-state index < -0.39 is 5.83 Å². The van der Waals surface area contributed by atoms with Crippen LogP contribution in [0.1, 0.15) is 11.1 Å². The van der Waals surface area contributed by atoms with E-state index in [0.717, 1.165) is 0 Å². The third-order valence-corrected chi connectivity index (χ3v) is 5.17. The molecule has 1 aromatic heterocycles. The first-order valence-electron chi connectivity index (χ1n) is 9.14. The second kappa shape index (κ2) is 10.6. The van der Waals surface area contributed by atoms with Gasteiger partial charge in [-0.05, 0) is 6.08 Å². The van der Waals surface area contributed by atoms with Crippen LogP contribution in [0.2, 0.25) is 10.0 Å². The van der Waals surface area contributed by atoms with Gasteiger partial charge in [-0.1, -0.05) is 29.8 Å². The fourth-order valence-electron chi connectivity index (χ4n) is 2.89. The fraction of sp³-hybridized carbons (Fsp3) is 0.300. The number of halogens is 3. The lowest BCUT2D eigenvalue weighted by molar-refractivity contribution is -0.00858. The molecule has 2 atom stereocenters. The van der Waals surface area contributed by atoms with Crippen LogP contribution in [-0.2, 0) is 9.57 Å². The Morgan fingerprint density at radius 3 is 2.42 bits per heavy atom. The third-order valence-electron chi connectivity index (χ3n) is 4.42. The molecule has 166 valence electrons. The van der Waals surface area contributed by atoms with Crippen molar-refractivity contribution in [2.45, 2.75) is 12.1 Å². The Labute approximate surface area is 188 Å². The van der Waals surface area contributed by atoms with Crippen molar-refractivity contribution in [1.29, 1.82) is 0 Å². The fourth-order valence-corrected chi connectivity index (χ4v) is 3.57. The van der Waals surface area contributed by atoms with Crippen LogP contribution in [0, 0.1) is 0 Å². The van der Waals surface area contributed by atoms with Crippen LogP contribution in [0.3, 0.4) is 0 Å². The highest BCUT2D eigenvalue weighted by Crippen LogP contribution is 2.44. The van der Waals surface area contributed by atoms with Crippen molar-refractivity contribution < 1.29 is 23.4 Å². The molecule has 0 bridgehead atoms. The minimum Gasteiger partial charge on any atom is -0.495 e. The number of methoxy groups -OCH3 is 2. The highest BCUT2D eigenvalue weighted by atomic mass is 35.5. The number of anilines is 1. The van der Waals surface area contributed by atoms with E-state index in [-0.39, 0.29) is 39.3 Å². The van der Waals surface area contributed by atoms with E-state index in [1.54, 1.807) is 0 Å². The number of ether oxygens (including phenoxy) is 3. The van der Waals surface area contributed by atoms with Gasteiger partial charge in [-0.3, -0.25) is 10.3 Å². The number of nitrogens with one attached hydrogen (secondary N) is 2. The van der Waals surface area contributed by atoms with Gasteiger partial charge in [-0.2, -0.15) is 0 Å². The predicted octanol–water partition coefficient (Wildman–Crippen LogP) is 4.11. The van der Waals surface area contributed by atoms with Crippen molar-refractivity contribution in [1.82, 2.24) is 15.4 Å². The summed E-state index contributed by atoms with van der Waals surface area (Å²) >= 11 is 12.5. The molecule has 2 heterocycles. The van der Waals surface area contributed by atoms with Crippen LogP contribution in [0.25, 0.3) is 11.9 Å². The Hall–Kier alpha value is -2.59. The molecule has 0 amide bonds. The molecule has 0 saturated carbocycles. The van der Waals surface area contributed by atoms with Gasteiger partial charge in [0.2, 0.25) is 5.95 Å². The van der Waals surface area contributed by atoms with Gasteiger partial charge >= 0.3 is 0 Å². The average molecular weight is 471 g/mol. The number of nitrogens with zero attached hydrogens (tertiary/aromatic N) is 2. The first kappa shape index (κ1) is 23.1. The van der Waals surface area contributed by atoms with Crippen molar-refractivity contribution in [2.24, 2.45) is 0 Å². The standard InChI is InChI=1S/C20H21Cl2FN4O4/c1-4-26-31-16-10-30-9-13(16)27-20-24-7-11(8-25-20)5-12(23)17-18(21)14(28-2)6-15(29-3)19(17)22/h4-8,13,16,26H,1,9-10H2,2-3H3,(H,24,25,27)/b12-5-/t13?,16-/m1/s1. The molecule has 1 aromatic carbocycles. The molecule has 8 nitrogen and oxygen atoms in total. The molecular weight excluding hydrogens is 450 g/mol. The SMILES string of the molecule is C=CNO[C@@H]1COCC1Nc1ncc(/C=C(\F)c2c(Cl)c(OC)cc(OC)c2Cl)cn1. The summed E-state index contributed by atoms with van der Waals surface area (Å²) in [5, 5.41) is 3.18. The Balaban J connectivity index is 1.78. The molecule has 1 fully saturated rings. The smallest absolute Gasteiger partial charge is 0.223 e. The zero-order valence-corrected chi connectivity index (χ0v) is 18.3. The van der Waals surface area contributed by atoms with Gasteiger partial charge in [0.1, 0.15) is 23.4 Å². The lowest BCUT2D eigenvalue weighted by atomic mass is 10.1. The van der Waals surface area contributed by atoms with Crippen molar-refractivity contribution in [2.75, 3.05) is 32.8 Å². The summed E-state index contributed by atoms with van der Waals surface area (Å²) in [7, 11) is 2.83. The van der Waals surface area contributed by atoms with Gasteiger partial charge in [0, 0.05) is 30.2 Å². The van der Waals surface area contributed by atoms with E-state index in [4.69, 9.17) is 42.3 Å². The van der Waals surface area contributed by atoms with E-state index in [0.29, 0.717) is 24.7 Å². The Morgan fingerprint density at radius 1 is 1.19 bits per heavy atom. The summed E-state index contributed by atoms with van der Waals surface area (Å²) in [6.45, 7) is 4.37. The van der Waals surface area contributed by atoms with Crippen LogP contribution in [0.15, 0.2) is 31.2 Å². The van der Waals surface area contributed by atoms with Crippen LogP contribution < -0.4 is 20.3 Å². The quantitative estimate of drug-likeness (QED) is 0.529. The number of aromatic nitrogens is 2. The highest BCUT2D eigenvalue weighted by molar-refractivity contribution is 6.39. The van der Waals surface area contributed by atoms with Crippen LogP contribution in [0.5, 0.6) is 11.5 Å². The molecule has 0 radical (unpaired) electrons. The van der Waals surface area contributed by atoms with Gasteiger partial charge in [0.25, 0.3) is 0 Å². The second-order valence-electron chi connectivity index (χ2n) is 6.38. The van der Waals surface area contributed by atoms with E-state index in [9.17, 15) is 0 Å². The summed E-state index contributed by atoms with van der Waals surface area (Å²) in [6.07, 6.45) is 5.32. The number of hydrogen-bond donors (Lipinski definition) is 2. The van der Waals surface area contributed by atoms with E-state index in [1.165, 1.54) is 45.0 Å². The molecule has 2 N–H and O–H groups in total. The number of hydrogen-bond acceptors (Lipinski definition) is 8. The van der Waals surface area contributed by atoms with Crippen molar-refractivity contribution in [3.63, 3.8) is 0 Å². The maximum absolute atomic E-state index is 15.0. The Morgan fingerprint density at radius 2 is 1.84 bits per heavy atom. The first-order chi connectivity index (χ1) is 15.0. The maximum atomic E-state index is 15.0. The monoisotopic (exact) mass is 470 g/mol. The summed E-state index contributed by atoms with van der Waals surface area (Å²) in [4.78, 5) is 13.8. The van der Waals surface area contributed by atoms with Gasteiger partial charge < -0.3 is 19.5 Å². The van der Waals surface area contributed by atoms with Crippen LogP contribution in [0.4, 0.5) is 10.3 Å². The normalized spacial score (nSPS) is 18.5. The number of rotatable bonds is 9. The van der Waals surface area contributed by atoms with Crippen molar-refractivity contribution >= 4 is 41.1 Å². The second-order valence-corrected chi connectivity index (χ2v) is 7.14. The van der Waals surface area contributed by atoms with E-state index >= 15 is 4.39 Å². The van der Waals surface area contributed by atoms with Crippen molar-refractivity contribution in [3.05, 3.63) is 52.4 Å². The Bertz CT molecular complexity index is 931. The molecule has 11 heteroatoms. The summed E-state index contributed by atoms with van der Waals surface area (Å²) in [5.74, 6) is 0.126. The lowest BCUT2D eigenvalue weighted by Gasteiger charge is -2.18. The largest absolute Gasteiger partial charge is 0.495 e. The van der Waals surface area contributed by atoms with Gasteiger partial charge in [-0.25, -0.2) is 14.4 Å². The number of hydroxylamine groups is 1. The zero-order valence-electron chi connectivity index (χ0n) is 16.8. The van der Waals surface area contributed by atoms with Gasteiger partial charge in [-0.15, -0.1) is 0 Å². The van der Waals surface area contributed by atoms with E-state index in [1.807, 2.05) is 0 Å². The van der Waals surface area contributed by atoms with Crippen LogP contribution in [-0.4, -0.2) is 49.5 Å². The topological polar surface area (TPSA) is 86.8 Å². The molecule has 2 aromatic rings. The maximum Gasteiger partial charge on any atom is 0.223 e. The lowest BCUT2D eigenvalue weighted by Crippen LogP contribution is -2.37. The molecule has 1 aliphatic rings. The first-order valence-corrected chi connectivity index (χ1v) is 9.90. The molecule has 3 rings (SSSR count).